The minimum Gasteiger partial charge on any atom is -0.506 e. The van der Waals surface area contributed by atoms with Gasteiger partial charge in [-0.15, -0.1) is 11.3 Å². The van der Waals surface area contributed by atoms with E-state index in [1.54, 1.807) is 24.4 Å². The van der Waals surface area contributed by atoms with Gasteiger partial charge >= 0.3 is 0 Å². The maximum absolute atomic E-state index is 15.5. The molecule has 0 unspecified atom stereocenters. The second-order valence-corrected chi connectivity index (χ2v) is 9.17. The highest BCUT2D eigenvalue weighted by molar-refractivity contribution is 7.17. The first-order valence-corrected chi connectivity index (χ1v) is 10.1. The molecule has 142 valence electrons. The topological polar surface area (TPSA) is 33.1 Å². The van der Waals surface area contributed by atoms with Crippen LogP contribution in [0.4, 0.5) is 4.39 Å². The van der Waals surface area contributed by atoms with Gasteiger partial charge in [0.25, 0.3) is 0 Å². The summed E-state index contributed by atoms with van der Waals surface area (Å²) in [6.07, 6.45) is 2.62. The van der Waals surface area contributed by atoms with Crippen LogP contribution in [0.1, 0.15) is 26.3 Å². The van der Waals surface area contributed by atoms with Crippen LogP contribution in [0.5, 0.6) is 5.75 Å². The smallest absolute Gasteiger partial charge is 0.141 e. The molecule has 0 radical (unpaired) electrons. The van der Waals surface area contributed by atoms with Crippen LogP contribution >= 0.6 is 11.3 Å². The van der Waals surface area contributed by atoms with Crippen LogP contribution in [0.3, 0.4) is 0 Å². The summed E-state index contributed by atoms with van der Waals surface area (Å²) in [6, 6.07) is 14.8. The van der Waals surface area contributed by atoms with Gasteiger partial charge in [0.15, 0.2) is 0 Å². The zero-order valence-electron chi connectivity index (χ0n) is 16.2. The average Bonchev–Trinajstić information content (AvgIpc) is 3.11. The third-order valence-electron chi connectivity index (χ3n) is 4.72. The molecule has 0 saturated heterocycles. The number of thiophene rings is 1. The highest BCUT2D eigenvalue weighted by Crippen LogP contribution is 2.41. The molecule has 0 amide bonds. The third-order valence-corrected chi connectivity index (χ3v) is 5.66. The van der Waals surface area contributed by atoms with Crippen LogP contribution in [0, 0.1) is 11.2 Å². The van der Waals surface area contributed by atoms with E-state index in [1.807, 2.05) is 35.7 Å². The lowest BCUT2D eigenvalue weighted by atomic mass is 9.88. The Morgan fingerprint density at radius 3 is 2.57 bits per heavy atom. The summed E-state index contributed by atoms with van der Waals surface area (Å²) in [5.74, 6) is -0.243. The molecule has 0 spiro atoms. The Labute approximate surface area is 168 Å². The van der Waals surface area contributed by atoms with Crippen molar-refractivity contribution in [3.63, 3.8) is 0 Å². The summed E-state index contributed by atoms with van der Waals surface area (Å²) in [5, 5.41) is 13.6. The standard InChI is InChI=1S/C24H22FNOS/c1-24(2,3)14-15-9-11-26-20(13-15)19-6-4-5-17(21(19)25)18-8-7-16-10-12-28-23(16)22(18)27/h4-13,27H,14H2,1-3H3. The van der Waals surface area contributed by atoms with Crippen molar-refractivity contribution in [2.75, 3.05) is 0 Å². The number of pyridine rings is 1. The van der Waals surface area contributed by atoms with Crippen LogP contribution in [-0.2, 0) is 6.42 Å². The Kier molecular flexibility index (Phi) is 4.68. The van der Waals surface area contributed by atoms with Crippen LogP contribution in [0.2, 0.25) is 0 Å². The summed E-state index contributed by atoms with van der Waals surface area (Å²) in [5.41, 5.74) is 3.20. The molecule has 28 heavy (non-hydrogen) atoms. The van der Waals surface area contributed by atoms with Crippen LogP contribution in [-0.4, -0.2) is 10.1 Å². The molecule has 2 aromatic heterocycles. The molecule has 2 nitrogen and oxygen atoms in total. The maximum Gasteiger partial charge on any atom is 0.141 e. The van der Waals surface area contributed by atoms with Gasteiger partial charge in [-0.2, -0.15) is 0 Å². The lowest BCUT2D eigenvalue weighted by Gasteiger charge is -2.18. The molecule has 4 rings (SSSR count). The number of phenolic OH excluding ortho intramolecular Hbond substituents is 1. The first-order chi connectivity index (χ1) is 13.3. The summed E-state index contributed by atoms with van der Waals surface area (Å²) in [6.45, 7) is 6.54. The van der Waals surface area contributed by atoms with Crippen molar-refractivity contribution in [3.8, 4) is 28.1 Å². The van der Waals surface area contributed by atoms with Gasteiger partial charge in [0, 0.05) is 22.9 Å². The molecule has 0 aliphatic heterocycles. The van der Waals surface area contributed by atoms with Crippen molar-refractivity contribution < 1.29 is 9.50 Å². The Morgan fingerprint density at radius 1 is 1.00 bits per heavy atom. The minimum atomic E-state index is -0.367. The fraction of sp³-hybridized carbons (Fsp3) is 0.208. The Morgan fingerprint density at radius 2 is 1.79 bits per heavy atom. The Bertz CT molecular complexity index is 1160. The number of benzene rings is 2. The molecule has 4 aromatic rings. The van der Waals surface area contributed by atoms with E-state index in [9.17, 15) is 5.11 Å². The van der Waals surface area contributed by atoms with E-state index in [0.717, 1.165) is 22.1 Å². The van der Waals surface area contributed by atoms with E-state index in [4.69, 9.17) is 0 Å². The van der Waals surface area contributed by atoms with Crippen molar-refractivity contribution in [1.29, 1.82) is 0 Å². The molecular formula is C24H22FNOS. The zero-order valence-corrected chi connectivity index (χ0v) is 17.0. The van der Waals surface area contributed by atoms with Gasteiger partial charge < -0.3 is 5.11 Å². The normalized spacial score (nSPS) is 11.9. The molecule has 2 aromatic carbocycles. The Balaban J connectivity index is 1.81. The second kappa shape index (κ2) is 7.02. The van der Waals surface area contributed by atoms with Gasteiger partial charge in [0.2, 0.25) is 0 Å². The number of fused-ring (bicyclic) bond motifs is 1. The lowest BCUT2D eigenvalue weighted by Crippen LogP contribution is -2.09. The maximum atomic E-state index is 15.5. The first-order valence-electron chi connectivity index (χ1n) is 9.27. The molecule has 0 saturated carbocycles. The highest BCUT2D eigenvalue weighted by atomic mass is 32.1. The summed E-state index contributed by atoms with van der Waals surface area (Å²) >= 11 is 1.45. The monoisotopic (exact) mass is 391 g/mol. The SMILES string of the molecule is CC(C)(C)Cc1ccnc(-c2cccc(-c3ccc4ccsc4c3O)c2F)c1. The van der Waals surface area contributed by atoms with Crippen LogP contribution in [0.25, 0.3) is 32.5 Å². The molecule has 0 atom stereocenters. The van der Waals surface area contributed by atoms with Gasteiger partial charge in [-0.3, -0.25) is 4.98 Å². The first kappa shape index (κ1) is 18.6. The number of phenols is 1. The lowest BCUT2D eigenvalue weighted by molar-refractivity contribution is 0.411. The quantitative estimate of drug-likeness (QED) is 0.405. The predicted molar refractivity (Wildman–Crippen MR) is 115 cm³/mol. The highest BCUT2D eigenvalue weighted by Gasteiger charge is 2.18. The van der Waals surface area contributed by atoms with Crippen LogP contribution < -0.4 is 0 Å². The molecular weight excluding hydrogens is 369 g/mol. The molecule has 2 heterocycles. The zero-order chi connectivity index (χ0) is 19.9. The third kappa shape index (κ3) is 3.52. The fourth-order valence-electron chi connectivity index (χ4n) is 3.52. The summed E-state index contributed by atoms with van der Waals surface area (Å²) < 4.78 is 16.2. The number of hydrogen-bond donors (Lipinski definition) is 1. The second-order valence-electron chi connectivity index (χ2n) is 8.25. The van der Waals surface area contributed by atoms with E-state index in [-0.39, 0.29) is 17.0 Å². The number of aromatic hydroxyl groups is 1. The summed E-state index contributed by atoms with van der Waals surface area (Å²) in [7, 11) is 0. The van der Waals surface area contributed by atoms with Crippen LogP contribution in [0.15, 0.2) is 60.1 Å². The molecule has 1 N–H and O–H groups in total. The van der Waals surface area contributed by atoms with Crippen molar-refractivity contribution in [2.24, 2.45) is 5.41 Å². The van der Waals surface area contributed by atoms with Gasteiger partial charge in [0.1, 0.15) is 11.6 Å². The van der Waals surface area contributed by atoms with Crippen molar-refractivity contribution in [3.05, 3.63) is 71.5 Å². The van der Waals surface area contributed by atoms with Gasteiger partial charge in [-0.25, -0.2) is 4.39 Å². The van der Waals surface area contributed by atoms with E-state index >= 15 is 4.39 Å². The molecule has 0 bridgehead atoms. The number of nitrogens with zero attached hydrogens (tertiary/aromatic N) is 1. The largest absolute Gasteiger partial charge is 0.506 e. The fourth-order valence-corrected chi connectivity index (χ4v) is 4.36. The number of rotatable bonds is 3. The van der Waals surface area contributed by atoms with E-state index < -0.39 is 0 Å². The van der Waals surface area contributed by atoms with E-state index in [2.05, 4.69) is 25.8 Å². The van der Waals surface area contributed by atoms with Gasteiger partial charge in [-0.1, -0.05) is 39.0 Å². The molecule has 4 heteroatoms. The van der Waals surface area contributed by atoms with E-state index in [0.29, 0.717) is 22.4 Å². The summed E-state index contributed by atoms with van der Waals surface area (Å²) in [4.78, 5) is 4.40. The minimum absolute atomic E-state index is 0.123. The molecule has 0 aliphatic carbocycles. The van der Waals surface area contributed by atoms with Crippen molar-refractivity contribution in [2.45, 2.75) is 27.2 Å². The molecule has 0 fully saturated rings. The average molecular weight is 392 g/mol. The van der Waals surface area contributed by atoms with Gasteiger partial charge in [-0.05, 0) is 58.5 Å². The van der Waals surface area contributed by atoms with Gasteiger partial charge in [0.05, 0.1) is 10.4 Å². The Hall–Kier alpha value is -2.72. The molecule has 0 aliphatic rings. The van der Waals surface area contributed by atoms with Crippen molar-refractivity contribution in [1.82, 2.24) is 4.98 Å². The predicted octanol–water partition coefficient (Wildman–Crippen LogP) is 7.06. The van der Waals surface area contributed by atoms with Crippen molar-refractivity contribution >= 4 is 21.4 Å². The number of hydrogen-bond acceptors (Lipinski definition) is 3. The number of halogens is 1. The number of aromatic nitrogens is 1. The van der Waals surface area contributed by atoms with E-state index in [1.165, 1.54) is 11.3 Å².